The molecule has 1 aliphatic rings. The van der Waals surface area contributed by atoms with Gasteiger partial charge < -0.3 is 14.8 Å². The van der Waals surface area contributed by atoms with E-state index in [1.165, 1.54) is 7.11 Å². The second kappa shape index (κ2) is 7.04. The molecule has 3 amide bonds. The first kappa shape index (κ1) is 16.0. The topological polar surface area (TPSA) is 84.9 Å². The molecule has 1 aliphatic heterocycles. The van der Waals surface area contributed by atoms with E-state index in [4.69, 9.17) is 9.47 Å². The van der Waals surface area contributed by atoms with Crippen molar-refractivity contribution in [3.63, 3.8) is 0 Å². The number of rotatable bonds is 6. The molecule has 7 nitrogen and oxygen atoms in total. The quantitative estimate of drug-likeness (QED) is 0.622. The van der Waals surface area contributed by atoms with Crippen LogP contribution in [0.1, 0.15) is 18.5 Å². The summed E-state index contributed by atoms with van der Waals surface area (Å²) in [6, 6.07) is 7.48. The molecule has 1 fully saturated rings. The highest BCUT2D eigenvalue weighted by Gasteiger charge is 2.40. The molecule has 0 radical (unpaired) electrons. The zero-order chi connectivity index (χ0) is 16.1. The molecule has 1 saturated heterocycles. The summed E-state index contributed by atoms with van der Waals surface area (Å²) < 4.78 is 9.91. The second-order valence-electron chi connectivity index (χ2n) is 4.97. The second-order valence-corrected chi connectivity index (χ2v) is 4.97. The SMILES string of the molecule is COCC(C)OC(=O)CN1C(=O)NC(c2ccccc2)C1=O. The molecule has 0 spiro atoms. The van der Waals surface area contributed by atoms with Crippen LogP contribution in [-0.2, 0) is 19.1 Å². The predicted octanol–water partition coefficient (Wildman–Crippen LogP) is 0.858. The monoisotopic (exact) mass is 306 g/mol. The minimum absolute atomic E-state index is 0.249. The van der Waals surface area contributed by atoms with Crippen molar-refractivity contribution in [3.8, 4) is 0 Å². The number of esters is 1. The van der Waals surface area contributed by atoms with Gasteiger partial charge in [0.2, 0.25) is 0 Å². The maximum Gasteiger partial charge on any atom is 0.326 e. The Morgan fingerprint density at radius 3 is 2.64 bits per heavy atom. The zero-order valence-corrected chi connectivity index (χ0v) is 12.4. The Kier molecular flexibility index (Phi) is 5.11. The van der Waals surface area contributed by atoms with Crippen LogP contribution in [0.15, 0.2) is 30.3 Å². The minimum atomic E-state index is -0.766. The summed E-state index contributed by atoms with van der Waals surface area (Å²) in [5.41, 5.74) is 0.671. The van der Waals surface area contributed by atoms with Crippen LogP contribution < -0.4 is 5.32 Å². The summed E-state index contributed by atoms with van der Waals surface area (Å²) in [4.78, 5) is 36.8. The number of amides is 3. The van der Waals surface area contributed by atoms with Crippen molar-refractivity contribution < 1.29 is 23.9 Å². The van der Waals surface area contributed by atoms with Crippen molar-refractivity contribution in [2.75, 3.05) is 20.3 Å². The maximum absolute atomic E-state index is 12.3. The van der Waals surface area contributed by atoms with E-state index in [2.05, 4.69) is 5.32 Å². The van der Waals surface area contributed by atoms with Crippen molar-refractivity contribution >= 4 is 17.9 Å². The molecule has 1 N–H and O–H groups in total. The van der Waals surface area contributed by atoms with Crippen LogP contribution in [0.4, 0.5) is 4.79 Å². The third kappa shape index (κ3) is 3.62. The van der Waals surface area contributed by atoms with Gasteiger partial charge in [-0.15, -0.1) is 0 Å². The van der Waals surface area contributed by atoms with Gasteiger partial charge in [0.1, 0.15) is 18.7 Å². The number of hydrogen-bond acceptors (Lipinski definition) is 5. The van der Waals surface area contributed by atoms with E-state index in [0.29, 0.717) is 5.56 Å². The average molecular weight is 306 g/mol. The van der Waals surface area contributed by atoms with Gasteiger partial charge in [0, 0.05) is 7.11 Å². The van der Waals surface area contributed by atoms with Gasteiger partial charge >= 0.3 is 12.0 Å². The normalized spacial score (nSPS) is 19.0. The fourth-order valence-electron chi connectivity index (χ4n) is 2.20. The molecule has 0 bridgehead atoms. The average Bonchev–Trinajstić information content (AvgIpc) is 2.76. The van der Waals surface area contributed by atoms with Gasteiger partial charge in [-0.05, 0) is 12.5 Å². The minimum Gasteiger partial charge on any atom is -0.459 e. The molecule has 0 aliphatic carbocycles. The molecule has 0 aromatic heterocycles. The molecule has 7 heteroatoms. The lowest BCUT2D eigenvalue weighted by molar-refractivity contribution is -0.153. The van der Waals surface area contributed by atoms with Crippen LogP contribution in [-0.4, -0.2) is 49.2 Å². The number of nitrogens with zero attached hydrogens (tertiary/aromatic N) is 1. The van der Waals surface area contributed by atoms with Gasteiger partial charge in [0.15, 0.2) is 0 Å². The third-order valence-corrected chi connectivity index (χ3v) is 3.18. The van der Waals surface area contributed by atoms with Crippen LogP contribution >= 0.6 is 0 Å². The molecule has 2 unspecified atom stereocenters. The Hall–Kier alpha value is -2.41. The Morgan fingerprint density at radius 1 is 1.32 bits per heavy atom. The Balaban J connectivity index is 1.99. The van der Waals surface area contributed by atoms with E-state index in [9.17, 15) is 14.4 Å². The third-order valence-electron chi connectivity index (χ3n) is 3.18. The number of hydrogen-bond donors (Lipinski definition) is 1. The molecule has 1 heterocycles. The summed E-state index contributed by atoms with van der Waals surface area (Å²) in [5, 5.41) is 2.56. The molecule has 22 heavy (non-hydrogen) atoms. The molecular formula is C15H18N2O5. The molecular weight excluding hydrogens is 288 g/mol. The first-order valence-corrected chi connectivity index (χ1v) is 6.88. The first-order chi connectivity index (χ1) is 10.5. The van der Waals surface area contributed by atoms with E-state index >= 15 is 0 Å². The summed E-state index contributed by atoms with van der Waals surface area (Å²) in [6.45, 7) is 1.50. The molecule has 118 valence electrons. The number of methoxy groups -OCH3 is 1. The number of nitrogens with one attached hydrogen (secondary N) is 1. The number of carbonyl (C=O) groups excluding carboxylic acids is 3. The smallest absolute Gasteiger partial charge is 0.326 e. The summed E-state index contributed by atoms with van der Waals surface area (Å²) in [7, 11) is 1.49. The molecule has 1 aromatic carbocycles. The highest BCUT2D eigenvalue weighted by atomic mass is 16.6. The lowest BCUT2D eigenvalue weighted by Gasteiger charge is -2.15. The molecule has 2 atom stereocenters. The molecule has 0 saturated carbocycles. The van der Waals surface area contributed by atoms with Crippen molar-refractivity contribution in [2.24, 2.45) is 0 Å². The van der Waals surface area contributed by atoms with Crippen LogP contribution in [0.2, 0.25) is 0 Å². The van der Waals surface area contributed by atoms with Crippen LogP contribution in [0, 0.1) is 0 Å². The highest BCUT2D eigenvalue weighted by molar-refractivity contribution is 6.06. The largest absolute Gasteiger partial charge is 0.459 e. The van der Waals surface area contributed by atoms with Gasteiger partial charge in [0.05, 0.1) is 6.61 Å². The van der Waals surface area contributed by atoms with E-state index in [1.807, 2.05) is 6.07 Å². The molecule has 1 aromatic rings. The Morgan fingerprint density at radius 2 is 2.00 bits per heavy atom. The Labute approximate surface area is 128 Å². The zero-order valence-electron chi connectivity index (χ0n) is 12.4. The van der Waals surface area contributed by atoms with Gasteiger partial charge in [-0.1, -0.05) is 30.3 Å². The van der Waals surface area contributed by atoms with Gasteiger partial charge in [0.25, 0.3) is 5.91 Å². The molecule has 2 rings (SSSR count). The van der Waals surface area contributed by atoms with E-state index in [1.54, 1.807) is 31.2 Å². The lowest BCUT2D eigenvalue weighted by atomic mass is 10.1. The number of benzene rings is 1. The standard InChI is InChI=1S/C15H18N2O5/c1-10(9-21-2)22-12(18)8-17-14(19)13(16-15(17)20)11-6-4-3-5-7-11/h3-7,10,13H,8-9H2,1-2H3,(H,16,20). The number of imide groups is 1. The van der Waals surface area contributed by atoms with Gasteiger partial charge in [-0.25, -0.2) is 4.79 Å². The fourth-order valence-corrected chi connectivity index (χ4v) is 2.20. The Bertz CT molecular complexity index is 560. The van der Waals surface area contributed by atoms with Crippen LogP contribution in [0.25, 0.3) is 0 Å². The summed E-state index contributed by atoms with van der Waals surface area (Å²) in [5.74, 6) is -1.12. The van der Waals surface area contributed by atoms with Crippen LogP contribution in [0.3, 0.4) is 0 Å². The highest BCUT2D eigenvalue weighted by Crippen LogP contribution is 2.21. The van der Waals surface area contributed by atoms with Gasteiger partial charge in [-0.3, -0.25) is 14.5 Å². The van der Waals surface area contributed by atoms with Crippen molar-refractivity contribution in [2.45, 2.75) is 19.1 Å². The predicted molar refractivity (Wildman–Crippen MR) is 76.9 cm³/mol. The number of carbonyl (C=O) groups is 3. The number of urea groups is 1. The van der Waals surface area contributed by atoms with Crippen LogP contribution in [0.5, 0.6) is 0 Å². The number of ether oxygens (including phenoxy) is 2. The van der Waals surface area contributed by atoms with Crippen molar-refractivity contribution in [1.82, 2.24) is 10.2 Å². The summed E-state index contributed by atoms with van der Waals surface area (Å²) in [6.07, 6.45) is -0.441. The fraction of sp³-hybridized carbons (Fsp3) is 0.400. The van der Waals surface area contributed by atoms with Crippen molar-refractivity contribution in [3.05, 3.63) is 35.9 Å². The maximum atomic E-state index is 12.3. The van der Waals surface area contributed by atoms with Crippen molar-refractivity contribution in [1.29, 1.82) is 0 Å². The van der Waals surface area contributed by atoms with E-state index in [0.717, 1.165) is 4.90 Å². The summed E-state index contributed by atoms with van der Waals surface area (Å²) >= 11 is 0. The van der Waals surface area contributed by atoms with Gasteiger partial charge in [-0.2, -0.15) is 0 Å². The van der Waals surface area contributed by atoms with E-state index < -0.39 is 36.6 Å². The van der Waals surface area contributed by atoms with E-state index in [-0.39, 0.29) is 6.61 Å². The first-order valence-electron chi connectivity index (χ1n) is 6.88. The lowest BCUT2D eigenvalue weighted by Crippen LogP contribution is -2.37.